The molecule has 20 heavy (non-hydrogen) atoms. The van der Waals surface area contributed by atoms with Gasteiger partial charge in [-0.25, -0.2) is 0 Å². The van der Waals surface area contributed by atoms with Gasteiger partial charge in [0.25, 0.3) is 0 Å². The van der Waals surface area contributed by atoms with Gasteiger partial charge < -0.3 is 19.5 Å². The largest absolute Gasteiger partial charge is 0.381 e. The highest BCUT2D eigenvalue weighted by Gasteiger charge is 2.42. The first-order chi connectivity index (χ1) is 9.74. The first-order valence-corrected chi connectivity index (χ1v) is 8.25. The quantitative estimate of drug-likeness (QED) is 0.813. The predicted molar refractivity (Wildman–Crippen MR) is 80.0 cm³/mol. The first-order valence-electron chi connectivity index (χ1n) is 8.25. The van der Waals surface area contributed by atoms with E-state index in [1.54, 1.807) is 0 Å². The zero-order valence-corrected chi connectivity index (χ0v) is 13.3. The van der Waals surface area contributed by atoms with Gasteiger partial charge in [0.15, 0.2) is 0 Å². The van der Waals surface area contributed by atoms with Gasteiger partial charge in [0.1, 0.15) is 0 Å². The molecule has 2 fully saturated rings. The van der Waals surface area contributed by atoms with E-state index in [9.17, 15) is 0 Å². The van der Waals surface area contributed by atoms with Crippen LogP contribution in [0.1, 0.15) is 46.0 Å². The maximum absolute atomic E-state index is 6.16. The highest BCUT2D eigenvalue weighted by molar-refractivity contribution is 4.94. The van der Waals surface area contributed by atoms with E-state index in [1.807, 2.05) is 0 Å². The fourth-order valence-corrected chi connectivity index (χ4v) is 3.88. The topological polar surface area (TPSA) is 39.7 Å². The smallest absolute Gasteiger partial charge is 0.0729 e. The van der Waals surface area contributed by atoms with Gasteiger partial charge in [0, 0.05) is 32.5 Å². The highest BCUT2D eigenvalue weighted by Crippen LogP contribution is 2.39. The SMILES string of the molecule is CCOC(CC)C(NC)C1CCOC2(CCOCC2)C1. The van der Waals surface area contributed by atoms with Crippen LogP contribution >= 0.6 is 0 Å². The maximum Gasteiger partial charge on any atom is 0.0729 e. The molecule has 1 spiro atoms. The van der Waals surface area contributed by atoms with Crippen molar-refractivity contribution in [2.75, 3.05) is 33.5 Å². The van der Waals surface area contributed by atoms with Gasteiger partial charge in [0.2, 0.25) is 0 Å². The second kappa shape index (κ2) is 7.74. The lowest BCUT2D eigenvalue weighted by molar-refractivity contribution is -0.154. The third kappa shape index (κ3) is 3.73. The van der Waals surface area contributed by atoms with Crippen LogP contribution in [-0.2, 0) is 14.2 Å². The molecule has 3 unspecified atom stereocenters. The number of rotatable bonds is 6. The van der Waals surface area contributed by atoms with Crippen LogP contribution in [0.4, 0.5) is 0 Å². The minimum atomic E-state index is 0.0702. The fraction of sp³-hybridized carbons (Fsp3) is 1.00. The molecule has 0 amide bonds. The van der Waals surface area contributed by atoms with Crippen molar-refractivity contribution in [2.24, 2.45) is 5.92 Å². The van der Waals surface area contributed by atoms with Crippen LogP contribution in [0.5, 0.6) is 0 Å². The molecule has 0 aromatic rings. The molecule has 2 saturated heterocycles. The van der Waals surface area contributed by atoms with Crippen molar-refractivity contribution in [1.29, 1.82) is 0 Å². The zero-order chi connectivity index (χ0) is 14.4. The number of nitrogens with one attached hydrogen (secondary N) is 1. The molecule has 0 aromatic carbocycles. The molecule has 2 aliphatic rings. The Balaban J connectivity index is 2.01. The van der Waals surface area contributed by atoms with Gasteiger partial charge in [0.05, 0.1) is 11.7 Å². The van der Waals surface area contributed by atoms with Crippen molar-refractivity contribution in [1.82, 2.24) is 5.32 Å². The Morgan fingerprint density at radius 3 is 2.60 bits per heavy atom. The number of likely N-dealkylation sites (N-methyl/N-ethyl adjacent to an activating group) is 1. The number of hydrogen-bond donors (Lipinski definition) is 1. The van der Waals surface area contributed by atoms with Crippen LogP contribution < -0.4 is 5.32 Å². The summed E-state index contributed by atoms with van der Waals surface area (Å²) in [5, 5.41) is 3.52. The highest BCUT2D eigenvalue weighted by atomic mass is 16.5. The molecule has 4 heteroatoms. The molecule has 0 aliphatic carbocycles. The maximum atomic E-state index is 6.16. The monoisotopic (exact) mass is 285 g/mol. The average Bonchev–Trinajstić information content (AvgIpc) is 2.48. The van der Waals surface area contributed by atoms with Gasteiger partial charge in [-0.05, 0) is 52.0 Å². The summed E-state index contributed by atoms with van der Waals surface area (Å²) in [6.45, 7) is 7.66. The predicted octanol–water partition coefficient (Wildman–Crippen LogP) is 2.37. The van der Waals surface area contributed by atoms with Crippen molar-refractivity contribution in [3.05, 3.63) is 0 Å². The van der Waals surface area contributed by atoms with Gasteiger partial charge >= 0.3 is 0 Å². The molecule has 4 nitrogen and oxygen atoms in total. The summed E-state index contributed by atoms with van der Waals surface area (Å²) in [6.07, 6.45) is 5.75. The van der Waals surface area contributed by atoms with Crippen molar-refractivity contribution in [3.63, 3.8) is 0 Å². The minimum Gasteiger partial charge on any atom is -0.381 e. The molecule has 2 heterocycles. The van der Waals surface area contributed by atoms with E-state index >= 15 is 0 Å². The molecule has 0 aromatic heterocycles. The van der Waals surface area contributed by atoms with Crippen LogP contribution in [0.2, 0.25) is 0 Å². The second-order valence-corrected chi connectivity index (χ2v) is 6.11. The molecule has 0 radical (unpaired) electrons. The Bertz CT molecular complexity index is 273. The minimum absolute atomic E-state index is 0.0702. The Labute approximate surface area is 123 Å². The number of ether oxygens (including phenoxy) is 3. The molecule has 118 valence electrons. The Morgan fingerprint density at radius 2 is 2.00 bits per heavy atom. The van der Waals surface area contributed by atoms with Crippen molar-refractivity contribution in [2.45, 2.75) is 63.7 Å². The standard InChI is InChI=1S/C16H31NO3/c1-4-14(19-5-2)15(17-3)13-6-9-20-16(12-13)7-10-18-11-8-16/h13-15,17H,4-12H2,1-3H3. The summed E-state index contributed by atoms with van der Waals surface area (Å²) in [7, 11) is 2.07. The van der Waals surface area contributed by atoms with Crippen LogP contribution in [0.3, 0.4) is 0 Å². The second-order valence-electron chi connectivity index (χ2n) is 6.11. The molecule has 0 bridgehead atoms. The van der Waals surface area contributed by atoms with Gasteiger partial charge in [-0.3, -0.25) is 0 Å². The third-order valence-corrected chi connectivity index (χ3v) is 4.96. The van der Waals surface area contributed by atoms with E-state index in [1.165, 1.54) is 0 Å². The van der Waals surface area contributed by atoms with Gasteiger partial charge in [-0.15, -0.1) is 0 Å². The van der Waals surface area contributed by atoms with E-state index in [2.05, 4.69) is 26.2 Å². The molecule has 3 atom stereocenters. The van der Waals surface area contributed by atoms with Gasteiger partial charge in [-0.2, -0.15) is 0 Å². The summed E-state index contributed by atoms with van der Waals surface area (Å²) >= 11 is 0. The van der Waals surface area contributed by atoms with Crippen LogP contribution in [0, 0.1) is 5.92 Å². The van der Waals surface area contributed by atoms with Crippen molar-refractivity contribution in [3.8, 4) is 0 Å². The third-order valence-electron chi connectivity index (χ3n) is 4.96. The van der Waals surface area contributed by atoms with Crippen LogP contribution in [-0.4, -0.2) is 51.2 Å². The number of hydrogen-bond acceptors (Lipinski definition) is 4. The van der Waals surface area contributed by atoms with Gasteiger partial charge in [-0.1, -0.05) is 6.92 Å². The van der Waals surface area contributed by atoms with E-state index in [4.69, 9.17) is 14.2 Å². The summed E-state index contributed by atoms with van der Waals surface area (Å²) in [5.74, 6) is 0.642. The average molecular weight is 285 g/mol. The summed E-state index contributed by atoms with van der Waals surface area (Å²) in [5.41, 5.74) is 0.0702. The van der Waals surface area contributed by atoms with Crippen molar-refractivity contribution < 1.29 is 14.2 Å². The van der Waals surface area contributed by atoms with Crippen LogP contribution in [0.15, 0.2) is 0 Å². The van der Waals surface area contributed by atoms with Crippen LogP contribution in [0.25, 0.3) is 0 Å². The Morgan fingerprint density at radius 1 is 1.25 bits per heavy atom. The lowest BCUT2D eigenvalue weighted by atomic mass is 9.76. The molecule has 0 saturated carbocycles. The summed E-state index contributed by atoms with van der Waals surface area (Å²) < 4.78 is 17.6. The molecule has 2 aliphatic heterocycles. The lowest BCUT2D eigenvalue weighted by Gasteiger charge is -2.46. The summed E-state index contributed by atoms with van der Waals surface area (Å²) in [6, 6.07) is 0.434. The van der Waals surface area contributed by atoms with E-state index in [0.29, 0.717) is 18.1 Å². The van der Waals surface area contributed by atoms with Crippen molar-refractivity contribution >= 4 is 0 Å². The normalized spacial score (nSPS) is 29.2. The lowest BCUT2D eigenvalue weighted by Crippen LogP contribution is -2.52. The molecular formula is C16H31NO3. The molecular weight excluding hydrogens is 254 g/mol. The van der Waals surface area contributed by atoms with E-state index < -0.39 is 0 Å². The molecule has 2 rings (SSSR count). The van der Waals surface area contributed by atoms with E-state index in [-0.39, 0.29) is 5.60 Å². The summed E-state index contributed by atoms with van der Waals surface area (Å²) in [4.78, 5) is 0. The Hall–Kier alpha value is -0.160. The zero-order valence-electron chi connectivity index (χ0n) is 13.3. The first kappa shape index (κ1) is 16.2. The Kier molecular flexibility index (Phi) is 6.27. The fourth-order valence-electron chi connectivity index (χ4n) is 3.88. The van der Waals surface area contributed by atoms with E-state index in [0.717, 1.165) is 58.5 Å². The molecule has 1 N–H and O–H groups in total.